The fourth-order valence-electron chi connectivity index (χ4n) is 1.58. The summed E-state index contributed by atoms with van der Waals surface area (Å²) in [7, 11) is -4.09. The number of nitrogen functional groups attached to an aromatic ring is 1. The van der Waals surface area contributed by atoms with Gasteiger partial charge >= 0.3 is 0 Å². The van der Waals surface area contributed by atoms with E-state index in [1.807, 2.05) is 0 Å². The molecule has 0 saturated heterocycles. The summed E-state index contributed by atoms with van der Waals surface area (Å²) in [5.74, 6) is -2.29. The molecule has 0 aliphatic heterocycles. The lowest BCUT2D eigenvalue weighted by Gasteiger charge is -2.20. The van der Waals surface area contributed by atoms with E-state index in [0.717, 1.165) is 16.4 Å². The molecule has 0 aromatic heterocycles. The molecule has 8 heteroatoms. The van der Waals surface area contributed by atoms with Crippen molar-refractivity contribution in [2.45, 2.75) is 18.2 Å². The van der Waals surface area contributed by atoms with E-state index in [2.05, 4.69) is 0 Å². The minimum atomic E-state index is -4.09. The molecule has 1 rings (SSSR count). The molecular weight excluding hydrogens is 278 g/mol. The Bertz CT molecular complexity index is 549. The van der Waals surface area contributed by atoms with Crippen molar-refractivity contribution in [2.75, 3.05) is 25.4 Å². The van der Waals surface area contributed by atoms with Gasteiger partial charge in [0.2, 0.25) is 10.0 Å². The van der Waals surface area contributed by atoms with Crippen LogP contribution < -0.4 is 5.73 Å². The van der Waals surface area contributed by atoms with E-state index in [-0.39, 0.29) is 26.1 Å². The number of aliphatic hydroxyl groups excluding tert-OH is 1. The quantitative estimate of drug-likeness (QED) is 0.765. The standard InChI is InChI=1S/C11H16F2N2O3S/c1-2-15(6-3-7-16)19(17,18)9-5-4-8(12)11(14)10(9)13/h4-5,16H,2-3,6-7,14H2,1H3. The lowest BCUT2D eigenvalue weighted by atomic mass is 10.3. The lowest BCUT2D eigenvalue weighted by Crippen LogP contribution is -2.33. The Morgan fingerprint density at radius 3 is 2.53 bits per heavy atom. The Morgan fingerprint density at radius 1 is 1.37 bits per heavy atom. The summed E-state index contributed by atoms with van der Waals surface area (Å²) in [6.45, 7) is 1.56. The third-order valence-electron chi connectivity index (χ3n) is 2.63. The maximum absolute atomic E-state index is 13.8. The highest BCUT2D eigenvalue weighted by molar-refractivity contribution is 7.89. The Labute approximate surface area is 110 Å². The van der Waals surface area contributed by atoms with Crippen molar-refractivity contribution in [1.82, 2.24) is 4.31 Å². The Morgan fingerprint density at radius 2 is 2.00 bits per heavy atom. The second-order valence-electron chi connectivity index (χ2n) is 3.85. The maximum atomic E-state index is 13.8. The fourth-order valence-corrected chi connectivity index (χ4v) is 3.15. The zero-order chi connectivity index (χ0) is 14.6. The molecule has 0 radical (unpaired) electrons. The van der Waals surface area contributed by atoms with Gasteiger partial charge in [-0.25, -0.2) is 17.2 Å². The molecule has 19 heavy (non-hydrogen) atoms. The Balaban J connectivity index is 3.22. The van der Waals surface area contributed by atoms with Gasteiger partial charge in [-0.15, -0.1) is 0 Å². The first-order valence-corrected chi connectivity index (χ1v) is 7.14. The van der Waals surface area contributed by atoms with Crippen molar-refractivity contribution in [3.05, 3.63) is 23.8 Å². The van der Waals surface area contributed by atoms with Gasteiger partial charge in [-0.2, -0.15) is 4.31 Å². The van der Waals surface area contributed by atoms with Crippen LogP contribution >= 0.6 is 0 Å². The van der Waals surface area contributed by atoms with E-state index in [1.165, 1.54) is 0 Å². The second kappa shape index (κ2) is 6.27. The minimum absolute atomic E-state index is 0.0477. The topological polar surface area (TPSA) is 83.6 Å². The molecule has 3 N–H and O–H groups in total. The van der Waals surface area contributed by atoms with E-state index in [0.29, 0.717) is 0 Å². The first-order valence-electron chi connectivity index (χ1n) is 5.70. The fraction of sp³-hybridized carbons (Fsp3) is 0.455. The summed E-state index contributed by atoms with van der Waals surface area (Å²) in [5, 5.41) is 8.72. The molecule has 0 heterocycles. The normalized spacial score (nSPS) is 12.1. The Hall–Kier alpha value is -1.25. The third kappa shape index (κ3) is 3.20. The molecule has 1 aromatic rings. The van der Waals surface area contributed by atoms with E-state index in [1.54, 1.807) is 6.92 Å². The lowest BCUT2D eigenvalue weighted by molar-refractivity contribution is 0.271. The van der Waals surface area contributed by atoms with Crippen LogP contribution in [0, 0.1) is 11.6 Å². The monoisotopic (exact) mass is 294 g/mol. The number of rotatable bonds is 6. The Kier molecular flexibility index (Phi) is 5.21. The summed E-state index contributed by atoms with van der Waals surface area (Å²) in [4.78, 5) is -0.661. The van der Waals surface area contributed by atoms with Crippen LogP contribution in [-0.2, 0) is 10.0 Å². The maximum Gasteiger partial charge on any atom is 0.246 e. The van der Waals surface area contributed by atoms with Crippen molar-refractivity contribution >= 4 is 15.7 Å². The van der Waals surface area contributed by atoms with Crippen LogP contribution in [0.15, 0.2) is 17.0 Å². The second-order valence-corrected chi connectivity index (χ2v) is 5.75. The predicted molar refractivity (Wildman–Crippen MR) is 66.9 cm³/mol. The van der Waals surface area contributed by atoms with Crippen molar-refractivity contribution < 1.29 is 22.3 Å². The number of nitrogens with two attached hydrogens (primary N) is 1. The molecule has 0 unspecified atom stereocenters. The van der Waals surface area contributed by atoms with Crippen molar-refractivity contribution in [3.8, 4) is 0 Å². The van der Waals surface area contributed by atoms with Crippen LogP contribution in [0.4, 0.5) is 14.5 Å². The summed E-state index contributed by atoms with van der Waals surface area (Å²) >= 11 is 0. The summed E-state index contributed by atoms with van der Waals surface area (Å²) in [6, 6.07) is 1.66. The molecule has 0 saturated carbocycles. The highest BCUT2D eigenvalue weighted by atomic mass is 32.2. The number of sulfonamides is 1. The number of benzene rings is 1. The smallest absolute Gasteiger partial charge is 0.246 e. The van der Waals surface area contributed by atoms with Gasteiger partial charge in [0.05, 0.1) is 0 Å². The minimum Gasteiger partial charge on any atom is -0.396 e. The molecule has 108 valence electrons. The SMILES string of the molecule is CCN(CCCO)S(=O)(=O)c1ccc(F)c(N)c1F. The number of halogens is 2. The number of anilines is 1. The van der Waals surface area contributed by atoms with Crippen LogP contribution in [0.25, 0.3) is 0 Å². The molecule has 1 aromatic carbocycles. The zero-order valence-corrected chi connectivity index (χ0v) is 11.3. The predicted octanol–water partition coefficient (Wildman–Crippen LogP) is 0.940. The van der Waals surface area contributed by atoms with Crippen LogP contribution in [0.5, 0.6) is 0 Å². The number of hydrogen-bond donors (Lipinski definition) is 2. The first kappa shape index (κ1) is 15.8. The van der Waals surface area contributed by atoms with Crippen LogP contribution in [0.3, 0.4) is 0 Å². The van der Waals surface area contributed by atoms with Crippen LogP contribution in [0.2, 0.25) is 0 Å². The van der Waals surface area contributed by atoms with Gasteiger partial charge in [-0.1, -0.05) is 6.92 Å². The van der Waals surface area contributed by atoms with Crippen molar-refractivity contribution in [2.24, 2.45) is 0 Å². The number of aliphatic hydroxyl groups is 1. The van der Waals surface area contributed by atoms with Crippen molar-refractivity contribution in [1.29, 1.82) is 0 Å². The molecule has 0 bridgehead atoms. The molecule has 0 fully saturated rings. The van der Waals surface area contributed by atoms with E-state index in [9.17, 15) is 17.2 Å². The number of hydrogen-bond acceptors (Lipinski definition) is 4. The van der Waals surface area contributed by atoms with Gasteiger partial charge in [0, 0.05) is 19.7 Å². The van der Waals surface area contributed by atoms with Gasteiger partial charge in [0.25, 0.3) is 0 Å². The summed E-state index contributed by atoms with van der Waals surface area (Å²) in [5.41, 5.74) is 4.33. The molecule has 0 atom stereocenters. The molecule has 0 aliphatic carbocycles. The van der Waals surface area contributed by atoms with Crippen molar-refractivity contribution in [3.63, 3.8) is 0 Å². The first-order chi connectivity index (χ1) is 8.86. The van der Waals surface area contributed by atoms with Crippen LogP contribution in [0.1, 0.15) is 13.3 Å². The average Bonchev–Trinajstić information content (AvgIpc) is 2.36. The van der Waals surface area contributed by atoms with Gasteiger partial charge < -0.3 is 10.8 Å². The molecular formula is C11H16F2N2O3S. The zero-order valence-electron chi connectivity index (χ0n) is 10.4. The summed E-state index contributed by atoms with van der Waals surface area (Å²) < 4.78 is 52.1. The van der Waals surface area contributed by atoms with Gasteiger partial charge in [-0.3, -0.25) is 0 Å². The average molecular weight is 294 g/mol. The summed E-state index contributed by atoms with van der Waals surface area (Å²) in [6.07, 6.45) is 0.228. The van der Waals surface area contributed by atoms with E-state index in [4.69, 9.17) is 10.8 Å². The largest absolute Gasteiger partial charge is 0.396 e. The molecule has 0 amide bonds. The van der Waals surface area contributed by atoms with E-state index < -0.39 is 32.2 Å². The van der Waals surface area contributed by atoms with Gasteiger partial charge in [-0.05, 0) is 18.6 Å². The number of nitrogens with zero attached hydrogens (tertiary/aromatic N) is 1. The van der Waals surface area contributed by atoms with Gasteiger partial charge in [0.1, 0.15) is 16.4 Å². The molecule has 0 aliphatic rings. The molecule has 5 nitrogen and oxygen atoms in total. The third-order valence-corrected chi connectivity index (χ3v) is 4.62. The van der Waals surface area contributed by atoms with E-state index >= 15 is 0 Å². The van der Waals surface area contributed by atoms with Gasteiger partial charge in [0.15, 0.2) is 5.82 Å². The highest BCUT2D eigenvalue weighted by Crippen LogP contribution is 2.25. The van der Waals surface area contributed by atoms with Crippen LogP contribution in [-0.4, -0.2) is 37.5 Å². The highest BCUT2D eigenvalue weighted by Gasteiger charge is 2.27. The molecule has 0 spiro atoms.